The van der Waals surface area contributed by atoms with Gasteiger partial charge in [-0.25, -0.2) is 0 Å². The first-order valence-electron chi connectivity index (χ1n) is 11.5. The lowest BCUT2D eigenvalue weighted by atomic mass is 10.0. The van der Waals surface area contributed by atoms with E-state index in [1.807, 2.05) is 0 Å². The molecule has 0 aromatic heterocycles. The van der Waals surface area contributed by atoms with Gasteiger partial charge in [-0.2, -0.15) is 0 Å². The van der Waals surface area contributed by atoms with Crippen LogP contribution in [0.3, 0.4) is 0 Å². The summed E-state index contributed by atoms with van der Waals surface area (Å²) >= 11 is 0. The molecule has 0 aromatic rings. The highest BCUT2D eigenvalue weighted by atomic mass is 15.1. The molecule has 146 valence electrons. The van der Waals surface area contributed by atoms with E-state index in [9.17, 15) is 0 Å². The summed E-state index contributed by atoms with van der Waals surface area (Å²) in [5, 5.41) is 0. The molecule has 0 radical (unpaired) electrons. The van der Waals surface area contributed by atoms with Crippen LogP contribution in [0.1, 0.15) is 116 Å². The van der Waals surface area contributed by atoms with Crippen molar-refractivity contribution in [2.24, 2.45) is 0 Å². The van der Waals surface area contributed by atoms with E-state index in [2.05, 4.69) is 36.3 Å². The molecule has 0 fully saturated rings. The third-order valence-corrected chi connectivity index (χ3v) is 5.43. The minimum atomic E-state index is 1.11. The van der Waals surface area contributed by atoms with Crippen LogP contribution < -0.4 is 0 Å². The van der Waals surface area contributed by atoms with Gasteiger partial charge in [-0.1, -0.05) is 122 Å². The van der Waals surface area contributed by atoms with E-state index in [0.717, 1.165) is 6.54 Å². The fourth-order valence-corrected chi connectivity index (χ4v) is 3.71. The summed E-state index contributed by atoms with van der Waals surface area (Å²) in [4.78, 5) is 2.42. The molecule has 0 aliphatic carbocycles. The summed E-state index contributed by atoms with van der Waals surface area (Å²) in [5.74, 6) is 0. The summed E-state index contributed by atoms with van der Waals surface area (Å²) < 4.78 is 0. The maximum Gasteiger partial charge on any atom is 0.0357 e. The van der Waals surface area contributed by atoms with Gasteiger partial charge in [0.25, 0.3) is 0 Å². The standard InChI is InChI=1S/C24H45N/c1-2-3-4-5-6-7-8-9-10-11-12-13-14-15-16-17-19-22-25-23-20-18-21-24-25/h18,20-21,23H,2-17,19,22,24H2,1H3. The Morgan fingerprint density at radius 2 is 1.00 bits per heavy atom. The van der Waals surface area contributed by atoms with Crippen molar-refractivity contribution in [1.82, 2.24) is 4.90 Å². The highest BCUT2D eigenvalue weighted by molar-refractivity contribution is 5.08. The van der Waals surface area contributed by atoms with Crippen LogP contribution in [-0.4, -0.2) is 18.0 Å². The van der Waals surface area contributed by atoms with Gasteiger partial charge >= 0.3 is 0 Å². The van der Waals surface area contributed by atoms with Gasteiger partial charge in [0.1, 0.15) is 0 Å². The van der Waals surface area contributed by atoms with Crippen molar-refractivity contribution >= 4 is 0 Å². The van der Waals surface area contributed by atoms with Crippen LogP contribution in [0, 0.1) is 0 Å². The number of hydrogen-bond donors (Lipinski definition) is 0. The fraction of sp³-hybridized carbons (Fsp3) is 0.833. The van der Waals surface area contributed by atoms with Gasteiger partial charge in [-0.15, -0.1) is 0 Å². The Morgan fingerprint density at radius 3 is 1.40 bits per heavy atom. The van der Waals surface area contributed by atoms with Gasteiger partial charge < -0.3 is 4.90 Å². The van der Waals surface area contributed by atoms with Crippen LogP contribution in [0.5, 0.6) is 0 Å². The van der Waals surface area contributed by atoms with Crippen LogP contribution in [0.15, 0.2) is 24.4 Å². The van der Waals surface area contributed by atoms with Crippen molar-refractivity contribution in [2.75, 3.05) is 13.1 Å². The first-order valence-corrected chi connectivity index (χ1v) is 11.5. The molecule has 0 spiro atoms. The lowest BCUT2D eigenvalue weighted by molar-refractivity contribution is 0.392. The number of rotatable bonds is 18. The summed E-state index contributed by atoms with van der Waals surface area (Å²) in [7, 11) is 0. The number of unbranched alkanes of at least 4 members (excludes halogenated alkanes) is 16. The van der Waals surface area contributed by atoms with E-state index < -0.39 is 0 Å². The van der Waals surface area contributed by atoms with E-state index in [0.29, 0.717) is 0 Å². The van der Waals surface area contributed by atoms with Crippen molar-refractivity contribution in [3.05, 3.63) is 24.4 Å². The summed E-state index contributed by atoms with van der Waals surface area (Å²) in [6, 6.07) is 0. The zero-order chi connectivity index (χ0) is 17.8. The number of hydrogen-bond acceptors (Lipinski definition) is 1. The van der Waals surface area contributed by atoms with Gasteiger partial charge in [0.2, 0.25) is 0 Å². The molecule has 0 atom stereocenters. The normalized spacial score (nSPS) is 13.7. The van der Waals surface area contributed by atoms with Crippen LogP contribution in [0.4, 0.5) is 0 Å². The first-order chi connectivity index (χ1) is 12.4. The second-order valence-electron chi connectivity index (χ2n) is 7.92. The summed E-state index contributed by atoms with van der Waals surface area (Å²) in [6.45, 7) is 4.64. The van der Waals surface area contributed by atoms with Gasteiger partial charge in [-0.3, -0.25) is 0 Å². The van der Waals surface area contributed by atoms with Crippen LogP contribution in [0.2, 0.25) is 0 Å². The van der Waals surface area contributed by atoms with Crippen LogP contribution >= 0.6 is 0 Å². The molecule has 1 rings (SSSR count). The number of nitrogens with zero attached hydrogens (tertiary/aromatic N) is 1. The Labute approximate surface area is 159 Å². The third kappa shape index (κ3) is 15.3. The molecule has 1 aliphatic heterocycles. The number of allylic oxidation sites excluding steroid dienone is 2. The zero-order valence-corrected chi connectivity index (χ0v) is 17.2. The average Bonchev–Trinajstić information content (AvgIpc) is 2.65. The molecular formula is C24H45N. The molecular weight excluding hydrogens is 302 g/mol. The molecule has 1 heteroatoms. The van der Waals surface area contributed by atoms with Crippen molar-refractivity contribution in [1.29, 1.82) is 0 Å². The van der Waals surface area contributed by atoms with Gasteiger partial charge in [0, 0.05) is 13.1 Å². The predicted octanol–water partition coefficient (Wildman–Crippen LogP) is 8.02. The molecule has 0 bridgehead atoms. The van der Waals surface area contributed by atoms with E-state index in [1.165, 1.54) is 116 Å². The third-order valence-electron chi connectivity index (χ3n) is 5.43. The Morgan fingerprint density at radius 1 is 0.560 bits per heavy atom. The molecule has 25 heavy (non-hydrogen) atoms. The SMILES string of the molecule is CCCCCCCCCCCCCCCCCCCN1C=CC=CC1. The average molecular weight is 348 g/mol. The monoisotopic (exact) mass is 347 g/mol. The molecule has 0 aromatic carbocycles. The molecule has 1 heterocycles. The predicted molar refractivity (Wildman–Crippen MR) is 114 cm³/mol. The highest BCUT2D eigenvalue weighted by Gasteiger charge is 1.99. The van der Waals surface area contributed by atoms with Gasteiger partial charge in [0.15, 0.2) is 0 Å². The molecule has 1 aliphatic rings. The van der Waals surface area contributed by atoms with Crippen molar-refractivity contribution in [3.63, 3.8) is 0 Å². The first kappa shape index (κ1) is 22.3. The highest BCUT2D eigenvalue weighted by Crippen LogP contribution is 2.14. The molecule has 0 saturated heterocycles. The quantitative estimate of drug-likeness (QED) is 0.227. The molecule has 1 nitrogen and oxygen atoms in total. The zero-order valence-electron chi connectivity index (χ0n) is 17.2. The van der Waals surface area contributed by atoms with E-state index in [4.69, 9.17) is 0 Å². The molecule has 0 saturated carbocycles. The second kappa shape index (κ2) is 18.1. The lowest BCUT2D eigenvalue weighted by Crippen LogP contribution is -2.19. The molecule has 0 unspecified atom stereocenters. The summed E-state index contributed by atoms with van der Waals surface area (Å²) in [6.07, 6.45) is 33.4. The Kier molecular flexibility index (Phi) is 16.1. The second-order valence-corrected chi connectivity index (χ2v) is 7.92. The Hall–Kier alpha value is -0.720. The largest absolute Gasteiger partial charge is 0.374 e. The van der Waals surface area contributed by atoms with E-state index in [-0.39, 0.29) is 0 Å². The fourth-order valence-electron chi connectivity index (χ4n) is 3.71. The smallest absolute Gasteiger partial charge is 0.0357 e. The minimum Gasteiger partial charge on any atom is -0.374 e. The topological polar surface area (TPSA) is 3.24 Å². The Balaban J connectivity index is 1.67. The van der Waals surface area contributed by atoms with E-state index >= 15 is 0 Å². The van der Waals surface area contributed by atoms with Gasteiger partial charge in [0.05, 0.1) is 0 Å². The van der Waals surface area contributed by atoms with Crippen molar-refractivity contribution < 1.29 is 0 Å². The van der Waals surface area contributed by atoms with Crippen LogP contribution in [-0.2, 0) is 0 Å². The Bertz CT molecular complexity index is 318. The van der Waals surface area contributed by atoms with Crippen LogP contribution in [0.25, 0.3) is 0 Å². The summed E-state index contributed by atoms with van der Waals surface area (Å²) in [5.41, 5.74) is 0. The molecule has 0 amide bonds. The van der Waals surface area contributed by atoms with Crippen molar-refractivity contribution in [2.45, 2.75) is 116 Å². The van der Waals surface area contributed by atoms with E-state index in [1.54, 1.807) is 0 Å². The van der Waals surface area contributed by atoms with Crippen molar-refractivity contribution in [3.8, 4) is 0 Å². The maximum atomic E-state index is 2.42. The molecule has 0 N–H and O–H groups in total. The maximum absolute atomic E-state index is 2.42. The minimum absolute atomic E-state index is 1.11. The van der Waals surface area contributed by atoms with Gasteiger partial charge in [-0.05, 0) is 18.7 Å². The lowest BCUT2D eigenvalue weighted by Gasteiger charge is -2.20.